The number of methoxy groups -OCH3 is 2. The van der Waals surface area contributed by atoms with Gasteiger partial charge in [0.1, 0.15) is 17.0 Å². The van der Waals surface area contributed by atoms with E-state index in [4.69, 9.17) is 9.47 Å². The molecule has 1 aromatic heterocycles. The second kappa shape index (κ2) is 5.99. The number of benzene rings is 1. The van der Waals surface area contributed by atoms with Crippen LogP contribution in [0.4, 0.5) is 0 Å². The SMILES string of the molecule is CCc1nc2c(OC)ccc(OC)c2c(CC)c1C(=O)O. The summed E-state index contributed by atoms with van der Waals surface area (Å²) in [5.41, 5.74) is 2.23. The minimum Gasteiger partial charge on any atom is -0.496 e. The van der Waals surface area contributed by atoms with E-state index in [1.165, 1.54) is 0 Å². The van der Waals surface area contributed by atoms with Crippen LogP contribution in [0.25, 0.3) is 10.9 Å². The Labute approximate surface area is 123 Å². The maximum absolute atomic E-state index is 11.6. The molecule has 0 saturated carbocycles. The molecule has 0 unspecified atom stereocenters. The van der Waals surface area contributed by atoms with E-state index in [2.05, 4.69) is 4.98 Å². The van der Waals surface area contributed by atoms with Crippen molar-refractivity contribution >= 4 is 16.9 Å². The van der Waals surface area contributed by atoms with E-state index in [9.17, 15) is 9.90 Å². The number of carboxylic acids is 1. The first kappa shape index (κ1) is 15.1. The number of hydrogen-bond donors (Lipinski definition) is 1. The molecule has 0 radical (unpaired) electrons. The van der Waals surface area contributed by atoms with Crippen molar-refractivity contribution in [2.24, 2.45) is 0 Å². The fourth-order valence-corrected chi connectivity index (χ4v) is 2.64. The molecule has 0 bridgehead atoms. The molecular weight excluding hydrogens is 270 g/mol. The normalized spacial score (nSPS) is 10.7. The summed E-state index contributed by atoms with van der Waals surface area (Å²) in [4.78, 5) is 16.2. The van der Waals surface area contributed by atoms with Gasteiger partial charge in [-0.25, -0.2) is 9.78 Å². The summed E-state index contributed by atoms with van der Waals surface area (Å²) in [5, 5.41) is 10.3. The fraction of sp³-hybridized carbons (Fsp3) is 0.375. The van der Waals surface area contributed by atoms with Crippen LogP contribution in [0, 0.1) is 0 Å². The van der Waals surface area contributed by atoms with Crippen LogP contribution in [0.1, 0.15) is 35.5 Å². The number of carboxylic acid groups (broad SMARTS) is 1. The van der Waals surface area contributed by atoms with Crippen LogP contribution in [0.15, 0.2) is 12.1 Å². The zero-order chi connectivity index (χ0) is 15.6. The van der Waals surface area contributed by atoms with Crippen LogP contribution in [0.5, 0.6) is 11.5 Å². The Bertz CT molecular complexity index is 694. The third kappa shape index (κ3) is 2.39. The van der Waals surface area contributed by atoms with E-state index in [0.29, 0.717) is 40.9 Å². The molecule has 1 heterocycles. The predicted octanol–water partition coefficient (Wildman–Crippen LogP) is 3.08. The molecule has 21 heavy (non-hydrogen) atoms. The monoisotopic (exact) mass is 289 g/mol. The van der Waals surface area contributed by atoms with Crippen LogP contribution >= 0.6 is 0 Å². The van der Waals surface area contributed by atoms with Gasteiger partial charge in [-0.2, -0.15) is 0 Å². The molecule has 2 rings (SSSR count). The first-order valence-electron chi connectivity index (χ1n) is 6.88. The quantitative estimate of drug-likeness (QED) is 0.916. The number of rotatable bonds is 5. The number of nitrogens with zero attached hydrogens (tertiary/aromatic N) is 1. The smallest absolute Gasteiger partial charge is 0.337 e. The molecule has 1 aromatic carbocycles. The summed E-state index contributed by atoms with van der Waals surface area (Å²) in [6, 6.07) is 3.56. The molecule has 0 saturated heterocycles. The molecule has 0 spiro atoms. The Kier molecular flexibility index (Phi) is 4.31. The minimum absolute atomic E-state index is 0.277. The summed E-state index contributed by atoms with van der Waals surface area (Å²) in [5.74, 6) is 0.274. The van der Waals surface area contributed by atoms with E-state index in [1.54, 1.807) is 26.4 Å². The number of aromatic nitrogens is 1. The van der Waals surface area contributed by atoms with E-state index in [-0.39, 0.29) is 5.56 Å². The molecule has 0 aliphatic rings. The first-order valence-corrected chi connectivity index (χ1v) is 6.88. The Balaban J connectivity index is 3.03. The van der Waals surface area contributed by atoms with Crippen LogP contribution in [0.3, 0.4) is 0 Å². The van der Waals surface area contributed by atoms with Crippen LogP contribution in [0.2, 0.25) is 0 Å². The number of hydrogen-bond acceptors (Lipinski definition) is 4. The molecule has 112 valence electrons. The largest absolute Gasteiger partial charge is 0.496 e. The van der Waals surface area contributed by atoms with Crippen molar-refractivity contribution < 1.29 is 19.4 Å². The fourth-order valence-electron chi connectivity index (χ4n) is 2.64. The highest BCUT2D eigenvalue weighted by Gasteiger charge is 2.22. The summed E-state index contributed by atoms with van der Waals surface area (Å²) in [7, 11) is 3.14. The molecule has 0 aliphatic carbocycles. The van der Waals surface area contributed by atoms with Gasteiger partial charge in [0.2, 0.25) is 0 Å². The second-order valence-electron chi connectivity index (χ2n) is 4.62. The number of pyridine rings is 1. The first-order chi connectivity index (χ1) is 10.1. The van der Waals surface area contributed by atoms with Crippen molar-refractivity contribution in [1.29, 1.82) is 0 Å². The van der Waals surface area contributed by atoms with Crippen molar-refractivity contribution in [1.82, 2.24) is 4.98 Å². The molecule has 5 nitrogen and oxygen atoms in total. The highest BCUT2D eigenvalue weighted by Crippen LogP contribution is 2.37. The highest BCUT2D eigenvalue weighted by molar-refractivity contribution is 6.01. The number of ether oxygens (including phenoxy) is 2. The summed E-state index contributed by atoms with van der Waals surface area (Å²) in [6.45, 7) is 3.83. The Hall–Kier alpha value is -2.30. The van der Waals surface area contributed by atoms with Crippen LogP contribution in [-0.2, 0) is 12.8 Å². The van der Waals surface area contributed by atoms with Crippen molar-refractivity contribution in [2.45, 2.75) is 26.7 Å². The maximum atomic E-state index is 11.6. The third-order valence-corrected chi connectivity index (χ3v) is 3.58. The molecule has 0 fully saturated rings. The molecule has 1 N–H and O–H groups in total. The van der Waals surface area contributed by atoms with Crippen molar-refractivity contribution in [2.75, 3.05) is 14.2 Å². The van der Waals surface area contributed by atoms with Gasteiger partial charge >= 0.3 is 5.97 Å². The lowest BCUT2D eigenvalue weighted by Crippen LogP contribution is -2.10. The van der Waals surface area contributed by atoms with Gasteiger partial charge in [-0.15, -0.1) is 0 Å². The zero-order valence-electron chi connectivity index (χ0n) is 12.7. The number of aryl methyl sites for hydroxylation is 2. The van der Waals surface area contributed by atoms with Crippen molar-refractivity contribution in [3.05, 3.63) is 29.0 Å². The Morgan fingerprint density at radius 3 is 2.24 bits per heavy atom. The summed E-state index contributed by atoms with van der Waals surface area (Å²) < 4.78 is 10.8. The van der Waals surface area contributed by atoms with E-state index in [1.807, 2.05) is 13.8 Å². The Morgan fingerprint density at radius 2 is 1.76 bits per heavy atom. The van der Waals surface area contributed by atoms with Gasteiger partial charge in [-0.1, -0.05) is 13.8 Å². The van der Waals surface area contributed by atoms with E-state index < -0.39 is 5.97 Å². The topological polar surface area (TPSA) is 68.7 Å². The van der Waals surface area contributed by atoms with E-state index in [0.717, 1.165) is 5.56 Å². The lowest BCUT2D eigenvalue weighted by atomic mass is 9.96. The van der Waals surface area contributed by atoms with Gasteiger partial charge in [0.15, 0.2) is 0 Å². The zero-order valence-corrected chi connectivity index (χ0v) is 12.7. The average molecular weight is 289 g/mol. The molecule has 0 amide bonds. The van der Waals surface area contributed by atoms with E-state index >= 15 is 0 Å². The lowest BCUT2D eigenvalue weighted by molar-refractivity contribution is 0.0694. The van der Waals surface area contributed by atoms with Gasteiger partial charge in [-0.05, 0) is 30.5 Å². The highest BCUT2D eigenvalue weighted by atomic mass is 16.5. The standard InChI is InChI=1S/C16H19NO4/c1-5-9-13(16(18)19)10(6-2)17-15-12(21-4)8-7-11(20-3)14(9)15/h7-8H,5-6H2,1-4H3,(H,18,19). The maximum Gasteiger partial charge on any atom is 0.337 e. The van der Waals surface area contributed by atoms with Gasteiger partial charge in [0.25, 0.3) is 0 Å². The van der Waals surface area contributed by atoms with Gasteiger partial charge in [0, 0.05) is 0 Å². The molecule has 5 heteroatoms. The number of fused-ring (bicyclic) bond motifs is 1. The average Bonchev–Trinajstić information content (AvgIpc) is 2.51. The van der Waals surface area contributed by atoms with Crippen LogP contribution < -0.4 is 9.47 Å². The van der Waals surface area contributed by atoms with Crippen molar-refractivity contribution in [3.63, 3.8) is 0 Å². The predicted molar refractivity (Wildman–Crippen MR) is 80.6 cm³/mol. The van der Waals surface area contributed by atoms with Crippen molar-refractivity contribution in [3.8, 4) is 11.5 Å². The van der Waals surface area contributed by atoms with Gasteiger partial charge < -0.3 is 14.6 Å². The molecule has 0 aliphatic heterocycles. The van der Waals surface area contributed by atoms with Gasteiger partial charge in [-0.3, -0.25) is 0 Å². The lowest BCUT2D eigenvalue weighted by Gasteiger charge is -2.16. The Morgan fingerprint density at radius 1 is 1.14 bits per heavy atom. The number of aromatic carboxylic acids is 1. The minimum atomic E-state index is -0.956. The third-order valence-electron chi connectivity index (χ3n) is 3.58. The van der Waals surface area contributed by atoms with Crippen LogP contribution in [-0.4, -0.2) is 30.3 Å². The molecular formula is C16H19NO4. The summed E-state index contributed by atoms with van der Waals surface area (Å²) >= 11 is 0. The molecule has 2 aromatic rings. The summed E-state index contributed by atoms with van der Waals surface area (Å²) in [6.07, 6.45) is 1.13. The second-order valence-corrected chi connectivity index (χ2v) is 4.62. The number of carbonyl (C=O) groups is 1. The van der Waals surface area contributed by atoms with Gasteiger partial charge in [0.05, 0.1) is 30.9 Å². The molecule has 0 atom stereocenters.